The Morgan fingerprint density at radius 3 is 1.93 bits per heavy atom. The van der Waals surface area contributed by atoms with Crippen molar-refractivity contribution in [2.45, 2.75) is 78.3 Å². The van der Waals surface area contributed by atoms with E-state index in [9.17, 15) is 19.2 Å². The van der Waals surface area contributed by atoms with Crippen LogP contribution in [0.3, 0.4) is 0 Å². The molecule has 10 nitrogen and oxygen atoms in total. The number of carbonyl (C=O) groups excluding carboxylic acids is 4. The number of ether oxygens (including phenoxy) is 5. The molecule has 0 aliphatic carbocycles. The second-order valence-electron chi connectivity index (χ2n) is 6.40. The molecule has 10 heteroatoms. The Balaban J connectivity index is 3.27. The molecule has 1 fully saturated rings. The zero-order valence-electron chi connectivity index (χ0n) is 16.3. The fraction of sp³-hybridized carbons (Fsp3) is 0.765. The third-order valence-electron chi connectivity index (χ3n) is 3.48. The molecule has 27 heavy (non-hydrogen) atoms. The average molecular weight is 389 g/mol. The smallest absolute Gasteiger partial charge is 0.303 e. The van der Waals surface area contributed by atoms with Gasteiger partial charge in [0, 0.05) is 27.7 Å². The number of nitrogens with one attached hydrogen (secondary N) is 1. The van der Waals surface area contributed by atoms with Gasteiger partial charge in [-0.05, 0) is 13.8 Å². The average Bonchev–Trinajstić information content (AvgIpc) is 2.49. The van der Waals surface area contributed by atoms with Crippen molar-refractivity contribution < 1.29 is 42.9 Å². The van der Waals surface area contributed by atoms with Gasteiger partial charge in [0.1, 0.15) is 18.8 Å². The van der Waals surface area contributed by atoms with Crippen LogP contribution in [0.25, 0.3) is 0 Å². The number of rotatable bonds is 7. The summed E-state index contributed by atoms with van der Waals surface area (Å²) in [5, 5.41) is 2.62. The van der Waals surface area contributed by atoms with Gasteiger partial charge in [-0.15, -0.1) is 0 Å². The SMILES string of the molecule is CC(=O)N[C@H]1C(OC(C)=O)[C@H](OC(C)=O)C(COC(C)=O)O[C@H]1OC(C)C. The van der Waals surface area contributed by atoms with Gasteiger partial charge in [0.15, 0.2) is 18.5 Å². The van der Waals surface area contributed by atoms with Crippen LogP contribution < -0.4 is 5.32 Å². The Morgan fingerprint density at radius 2 is 1.48 bits per heavy atom. The molecular formula is C17H27NO9. The molecule has 0 saturated carbocycles. The van der Waals surface area contributed by atoms with Gasteiger partial charge in [-0.3, -0.25) is 19.2 Å². The lowest BCUT2D eigenvalue weighted by Gasteiger charge is -2.45. The Labute approximate surface area is 157 Å². The van der Waals surface area contributed by atoms with Crippen molar-refractivity contribution in [3.8, 4) is 0 Å². The molecular weight excluding hydrogens is 362 g/mol. The second kappa shape index (κ2) is 10.2. The van der Waals surface area contributed by atoms with Gasteiger partial charge >= 0.3 is 17.9 Å². The van der Waals surface area contributed by atoms with Crippen molar-refractivity contribution in [1.29, 1.82) is 0 Å². The van der Waals surface area contributed by atoms with Gasteiger partial charge in [0.25, 0.3) is 0 Å². The van der Waals surface area contributed by atoms with E-state index in [1.165, 1.54) is 27.7 Å². The quantitative estimate of drug-likeness (QED) is 0.475. The molecule has 0 aromatic heterocycles. The first-order valence-corrected chi connectivity index (χ1v) is 8.57. The van der Waals surface area contributed by atoms with Gasteiger partial charge in [0.2, 0.25) is 5.91 Å². The summed E-state index contributed by atoms with van der Waals surface area (Å²) in [6, 6.07) is -0.938. The third kappa shape index (κ3) is 7.51. The number of esters is 3. The maximum absolute atomic E-state index is 11.7. The largest absolute Gasteiger partial charge is 0.463 e. The van der Waals surface area contributed by atoms with Gasteiger partial charge in [-0.1, -0.05) is 0 Å². The van der Waals surface area contributed by atoms with Crippen LogP contribution in [0.5, 0.6) is 0 Å². The van der Waals surface area contributed by atoms with Crippen LogP contribution in [0, 0.1) is 0 Å². The summed E-state index contributed by atoms with van der Waals surface area (Å²) >= 11 is 0. The van der Waals surface area contributed by atoms with Gasteiger partial charge in [-0.2, -0.15) is 0 Å². The molecule has 1 rings (SSSR count). The molecule has 1 amide bonds. The number of hydrogen-bond acceptors (Lipinski definition) is 9. The highest BCUT2D eigenvalue weighted by atomic mass is 16.7. The summed E-state index contributed by atoms with van der Waals surface area (Å²) in [6.45, 7) is 8.12. The van der Waals surface area contributed by atoms with E-state index in [2.05, 4.69) is 5.32 Å². The van der Waals surface area contributed by atoms with Crippen LogP contribution in [0.2, 0.25) is 0 Å². The van der Waals surface area contributed by atoms with E-state index in [0.717, 1.165) is 0 Å². The number of hydrogen-bond donors (Lipinski definition) is 1. The molecule has 1 heterocycles. The molecule has 1 saturated heterocycles. The number of carbonyl (C=O) groups is 4. The van der Waals surface area contributed by atoms with Crippen LogP contribution in [-0.4, -0.2) is 67.2 Å². The lowest BCUT2D eigenvalue weighted by atomic mass is 9.96. The molecule has 154 valence electrons. The van der Waals surface area contributed by atoms with E-state index in [1.807, 2.05) is 0 Å². The molecule has 1 aliphatic heterocycles. The standard InChI is InChI=1S/C17H27NO9/c1-8(2)24-17-14(18-9(3)19)16(26-12(6)22)15(25-11(5)21)13(27-17)7-23-10(4)20/h8,13-17H,7H2,1-6H3,(H,18,19)/t13?,14-,15+,16?,17+/m0/s1. The lowest BCUT2D eigenvalue weighted by molar-refractivity contribution is -0.285. The van der Waals surface area contributed by atoms with Gasteiger partial charge < -0.3 is 29.0 Å². The molecule has 2 unspecified atom stereocenters. The second-order valence-corrected chi connectivity index (χ2v) is 6.40. The summed E-state index contributed by atoms with van der Waals surface area (Å²) in [5.41, 5.74) is 0. The maximum atomic E-state index is 11.7. The zero-order valence-corrected chi connectivity index (χ0v) is 16.3. The lowest BCUT2D eigenvalue weighted by Crippen LogP contribution is -2.66. The predicted molar refractivity (Wildman–Crippen MR) is 90.2 cm³/mol. The Hall–Kier alpha value is -2.20. The van der Waals surface area contributed by atoms with Crippen molar-refractivity contribution >= 4 is 23.8 Å². The predicted octanol–water partition coefficient (Wildman–Crippen LogP) is 0.0675. The maximum Gasteiger partial charge on any atom is 0.303 e. The Kier molecular flexibility index (Phi) is 8.64. The summed E-state index contributed by atoms with van der Waals surface area (Å²) in [6.07, 6.45) is -4.49. The highest BCUT2D eigenvalue weighted by molar-refractivity contribution is 5.73. The number of amides is 1. The minimum Gasteiger partial charge on any atom is -0.463 e. The van der Waals surface area contributed by atoms with E-state index < -0.39 is 54.5 Å². The zero-order chi connectivity index (χ0) is 20.7. The molecule has 5 atom stereocenters. The molecule has 1 N–H and O–H groups in total. The minimum absolute atomic E-state index is 0.254. The molecule has 0 aromatic rings. The van der Waals surface area contributed by atoms with Crippen molar-refractivity contribution in [3.63, 3.8) is 0 Å². The van der Waals surface area contributed by atoms with E-state index >= 15 is 0 Å². The molecule has 0 bridgehead atoms. The summed E-state index contributed by atoms with van der Waals surface area (Å²) in [4.78, 5) is 46.0. The van der Waals surface area contributed by atoms with Gasteiger partial charge in [-0.25, -0.2) is 0 Å². The van der Waals surface area contributed by atoms with Crippen LogP contribution in [0.4, 0.5) is 0 Å². The van der Waals surface area contributed by atoms with Crippen LogP contribution >= 0.6 is 0 Å². The van der Waals surface area contributed by atoms with E-state index in [4.69, 9.17) is 23.7 Å². The highest BCUT2D eigenvalue weighted by Gasteiger charge is 2.51. The molecule has 0 radical (unpaired) electrons. The van der Waals surface area contributed by atoms with Crippen LogP contribution in [0.15, 0.2) is 0 Å². The van der Waals surface area contributed by atoms with E-state index in [-0.39, 0.29) is 12.7 Å². The molecule has 1 aliphatic rings. The highest BCUT2D eigenvalue weighted by Crippen LogP contribution is 2.28. The first-order chi connectivity index (χ1) is 12.5. The first kappa shape index (κ1) is 22.8. The normalized spacial score (nSPS) is 27.6. The minimum atomic E-state index is -1.12. The van der Waals surface area contributed by atoms with E-state index in [1.54, 1.807) is 13.8 Å². The van der Waals surface area contributed by atoms with Crippen molar-refractivity contribution in [2.24, 2.45) is 0 Å². The van der Waals surface area contributed by atoms with E-state index in [0.29, 0.717) is 0 Å². The topological polar surface area (TPSA) is 126 Å². The van der Waals surface area contributed by atoms with Crippen LogP contribution in [-0.2, 0) is 42.9 Å². The van der Waals surface area contributed by atoms with Crippen molar-refractivity contribution in [2.75, 3.05) is 6.61 Å². The molecule has 0 aromatic carbocycles. The summed E-state index contributed by atoms with van der Waals surface area (Å²) in [7, 11) is 0. The summed E-state index contributed by atoms with van der Waals surface area (Å²) < 4.78 is 27.1. The first-order valence-electron chi connectivity index (χ1n) is 8.57. The van der Waals surface area contributed by atoms with Gasteiger partial charge in [0.05, 0.1) is 6.10 Å². The summed E-state index contributed by atoms with van der Waals surface area (Å²) in [5.74, 6) is -2.28. The molecule has 0 spiro atoms. The van der Waals surface area contributed by atoms with Crippen molar-refractivity contribution in [1.82, 2.24) is 5.32 Å². The fourth-order valence-corrected chi connectivity index (χ4v) is 2.68. The fourth-order valence-electron chi connectivity index (χ4n) is 2.68. The van der Waals surface area contributed by atoms with Crippen molar-refractivity contribution in [3.05, 3.63) is 0 Å². The Morgan fingerprint density at radius 1 is 0.926 bits per heavy atom. The third-order valence-corrected chi connectivity index (χ3v) is 3.48. The van der Waals surface area contributed by atoms with Crippen LogP contribution in [0.1, 0.15) is 41.5 Å². The monoisotopic (exact) mass is 389 g/mol. The Bertz CT molecular complexity index is 563.